The summed E-state index contributed by atoms with van der Waals surface area (Å²) >= 11 is 0. The van der Waals surface area contributed by atoms with Gasteiger partial charge in [-0.2, -0.15) is 13.2 Å². The molecule has 27 heavy (non-hydrogen) atoms. The summed E-state index contributed by atoms with van der Waals surface area (Å²) < 4.78 is 51.8. The molecule has 5 nitrogen and oxygen atoms in total. The van der Waals surface area contributed by atoms with Crippen LogP contribution in [0, 0.1) is 11.7 Å². The molecule has 1 fully saturated rings. The summed E-state index contributed by atoms with van der Waals surface area (Å²) in [5.41, 5.74) is -0.806. The summed E-state index contributed by atoms with van der Waals surface area (Å²) in [7, 11) is 1.49. The maximum atomic E-state index is 13.8. The quantitative estimate of drug-likeness (QED) is 0.657. The number of carbonyl (C=O) groups excluding carboxylic acids is 2. The molecule has 2 atom stereocenters. The zero-order valence-electron chi connectivity index (χ0n) is 14.1. The highest BCUT2D eigenvalue weighted by Gasteiger charge is 2.44. The number of hydrogen-bond acceptors (Lipinski definition) is 3. The minimum Gasteiger partial charge on any atom is -0.344 e. The van der Waals surface area contributed by atoms with Crippen molar-refractivity contribution in [3.8, 4) is 0 Å². The molecule has 1 aromatic heterocycles. The van der Waals surface area contributed by atoms with Gasteiger partial charge in [0.1, 0.15) is 17.4 Å². The van der Waals surface area contributed by atoms with Crippen molar-refractivity contribution in [1.29, 1.82) is 0 Å². The summed E-state index contributed by atoms with van der Waals surface area (Å²) in [5.74, 6) is -3.75. The van der Waals surface area contributed by atoms with Crippen LogP contribution in [0.3, 0.4) is 0 Å². The first-order valence-electron chi connectivity index (χ1n) is 8.02. The minimum atomic E-state index is -4.58. The van der Waals surface area contributed by atoms with E-state index in [4.69, 9.17) is 0 Å². The predicted molar refractivity (Wildman–Crippen MR) is 88.1 cm³/mol. The Balaban J connectivity index is 1.87. The molecule has 9 heteroatoms. The maximum Gasteiger partial charge on any atom is 0.433 e. The van der Waals surface area contributed by atoms with Gasteiger partial charge < -0.3 is 10.2 Å². The standard InChI is InChI=1S/C18H15F4N3O2/c1-25-9-11(10-6-7-14(23-8-10)18(20,21)22)15(17(25)27)16(26)24-13-5-3-2-4-12(13)19/h2-8,11,15H,9H2,1H3,(H,24,26). The number of rotatable bonds is 3. The lowest BCUT2D eigenvalue weighted by molar-refractivity contribution is -0.141. The second-order valence-electron chi connectivity index (χ2n) is 6.25. The lowest BCUT2D eigenvalue weighted by Gasteiger charge is -2.17. The van der Waals surface area contributed by atoms with Crippen molar-refractivity contribution in [2.45, 2.75) is 12.1 Å². The van der Waals surface area contributed by atoms with Gasteiger partial charge in [-0.3, -0.25) is 14.6 Å². The van der Waals surface area contributed by atoms with Gasteiger partial charge in [-0.05, 0) is 23.8 Å². The summed E-state index contributed by atoms with van der Waals surface area (Å²) in [6.07, 6.45) is -3.56. The van der Waals surface area contributed by atoms with Crippen LogP contribution >= 0.6 is 0 Å². The molecule has 1 saturated heterocycles. The Morgan fingerprint density at radius 3 is 2.52 bits per heavy atom. The molecule has 1 aliphatic heterocycles. The molecule has 1 N–H and O–H groups in total. The van der Waals surface area contributed by atoms with Crippen LogP contribution in [-0.4, -0.2) is 35.3 Å². The van der Waals surface area contributed by atoms with Gasteiger partial charge in [-0.1, -0.05) is 18.2 Å². The number of alkyl halides is 3. The Hall–Kier alpha value is -2.97. The van der Waals surface area contributed by atoms with Crippen molar-refractivity contribution >= 4 is 17.5 Å². The van der Waals surface area contributed by atoms with Crippen molar-refractivity contribution in [1.82, 2.24) is 9.88 Å². The normalized spacial score (nSPS) is 20.0. The molecule has 1 aliphatic rings. The van der Waals surface area contributed by atoms with E-state index in [-0.39, 0.29) is 12.2 Å². The fourth-order valence-electron chi connectivity index (χ4n) is 3.06. The number of benzene rings is 1. The third kappa shape index (κ3) is 3.76. The van der Waals surface area contributed by atoms with Crippen molar-refractivity contribution < 1.29 is 27.2 Å². The first-order valence-corrected chi connectivity index (χ1v) is 8.02. The number of para-hydroxylation sites is 1. The maximum absolute atomic E-state index is 13.8. The molecule has 0 spiro atoms. The zero-order chi connectivity index (χ0) is 19.8. The summed E-state index contributed by atoms with van der Waals surface area (Å²) in [5, 5.41) is 2.38. The summed E-state index contributed by atoms with van der Waals surface area (Å²) in [6, 6.07) is 7.51. The Morgan fingerprint density at radius 2 is 1.93 bits per heavy atom. The van der Waals surface area contributed by atoms with E-state index in [0.29, 0.717) is 5.56 Å². The fourth-order valence-corrected chi connectivity index (χ4v) is 3.06. The number of hydrogen-bond donors (Lipinski definition) is 1. The van der Waals surface area contributed by atoms with Gasteiger partial charge in [0, 0.05) is 25.7 Å². The van der Waals surface area contributed by atoms with Crippen molar-refractivity contribution in [2.75, 3.05) is 18.9 Å². The number of likely N-dealkylation sites (N-methyl/N-ethyl adjacent to an activating group) is 1. The third-order valence-electron chi connectivity index (χ3n) is 4.43. The van der Waals surface area contributed by atoms with E-state index in [1.807, 2.05) is 0 Å². The molecule has 2 heterocycles. The van der Waals surface area contributed by atoms with Crippen LogP contribution in [0.1, 0.15) is 17.2 Å². The molecule has 1 aromatic carbocycles. The second-order valence-corrected chi connectivity index (χ2v) is 6.25. The number of nitrogens with zero attached hydrogens (tertiary/aromatic N) is 2. The average molecular weight is 381 g/mol. The highest BCUT2D eigenvalue weighted by atomic mass is 19.4. The highest BCUT2D eigenvalue weighted by Crippen LogP contribution is 2.35. The van der Waals surface area contributed by atoms with Gasteiger partial charge in [0.15, 0.2) is 0 Å². The van der Waals surface area contributed by atoms with Gasteiger partial charge in [0.25, 0.3) is 0 Å². The van der Waals surface area contributed by atoms with Crippen molar-refractivity contribution in [3.63, 3.8) is 0 Å². The fraction of sp³-hybridized carbons (Fsp3) is 0.278. The highest BCUT2D eigenvalue weighted by molar-refractivity contribution is 6.08. The van der Waals surface area contributed by atoms with E-state index in [0.717, 1.165) is 18.3 Å². The number of anilines is 1. The van der Waals surface area contributed by atoms with E-state index < -0.39 is 41.3 Å². The van der Waals surface area contributed by atoms with Crippen LogP contribution in [0.2, 0.25) is 0 Å². The van der Waals surface area contributed by atoms with E-state index in [1.165, 1.54) is 36.2 Å². The Labute approximate surface area is 152 Å². The Kier molecular flexibility index (Phi) is 4.86. The molecule has 0 bridgehead atoms. The number of pyridine rings is 1. The summed E-state index contributed by atoms with van der Waals surface area (Å²) in [6.45, 7) is 0.140. The number of nitrogens with one attached hydrogen (secondary N) is 1. The smallest absolute Gasteiger partial charge is 0.344 e. The molecule has 0 saturated carbocycles. The van der Waals surface area contributed by atoms with Crippen LogP contribution < -0.4 is 5.32 Å². The lowest BCUT2D eigenvalue weighted by atomic mass is 9.88. The first kappa shape index (κ1) is 18.8. The van der Waals surface area contributed by atoms with Crippen LogP contribution in [0.25, 0.3) is 0 Å². The number of amides is 2. The van der Waals surface area contributed by atoms with Crippen molar-refractivity contribution in [2.24, 2.45) is 5.92 Å². The summed E-state index contributed by atoms with van der Waals surface area (Å²) in [4.78, 5) is 29.7. The largest absolute Gasteiger partial charge is 0.433 e. The van der Waals surface area contributed by atoms with Gasteiger partial charge in [0.2, 0.25) is 11.8 Å². The van der Waals surface area contributed by atoms with Gasteiger partial charge >= 0.3 is 6.18 Å². The lowest BCUT2D eigenvalue weighted by Crippen LogP contribution is -2.33. The van der Waals surface area contributed by atoms with E-state index in [2.05, 4.69) is 10.3 Å². The predicted octanol–water partition coefficient (Wildman–Crippen LogP) is 3.05. The van der Waals surface area contributed by atoms with Crippen LogP contribution in [0.5, 0.6) is 0 Å². The topological polar surface area (TPSA) is 62.3 Å². The number of aromatic nitrogens is 1. The molecule has 3 rings (SSSR count). The van der Waals surface area contributed by atoms with Crippen molar-refractivity contribution in [3.05, 3.63) is 59.7 Å². The Bertz CT molecular complexity index is 868. The monoisotopic (exact) mass is 381 g/mol. The van der Waals surface area contributed by atoms with Crippen LogP contribution in [0.15, 0.2) is 42.6 Å². The van der Waals surface area contributed by atoms with Crippen LogP contribution in [0.4, 0.5) is 23.2 Å². The van der Waals surface area contributed by atoms with Gasteiger partial charge in [-0.15, -0.1) is 0 Å². The molecular weight excluding hydrogens is 366 g/mol. The number of halogens is 4. The molecule has 142 valence electrons. The van der Waals surface area contributed by atoms with Gasteiger partial charge in [0.05, 0.1) is 5.69 Å². The second kappa shape index (κ2) is 6.98. The molecule has 2 amide bonds. The van der Waals surface area contributed by atoms with E-state index in [1.54, 1.807) is 0 Å². The van der Waals surface area contributed by atoms with Gasteiger partial charge in [-0.25, -0.2) is 4.39 Å². The molecule has 0 radical (unpaired) electrons. The molecule has 0 aliphatic carbocycles. The van der Waals surface area contributed by atoms with Crippen LogP contribution in [-0.2, 0) is 15.8 Å². The molecule has 2 unspecified atom stereocenters. The SMILES string of the molecule is CN1CC(c2ccc(C(F)(F)F)nc2)C(C(=O)Nc2ccccc2F)C1=O. The molecular formula is C18H15F4N3O2. The minimum absolute atomic E-state index is 0.0749. The average Bonchev–Trinajstić information content (AvgIpc) is 2.91. The van der Waals surface area contributed by atoms with E-state index >= 15 is 0 Å². The molecule has 2 aromatic rings. The third-order valence-corrected chi connectivity index (χ3v) is 4.43. The number of carbonyl (C=O) groups is 2. The first-order chi connectivity index (χ1) is 12.7. The zero-order valence-corrected chi connectivity index (χ0v) is 14.1. The Morgan fingerprint density at radius 1 is 1.22 bits per heavy atom. The number of likely N-dealkylation sites (tertiary alicyclic amines) is 1. The van der Waals surface area contributed by atoms with E-state index in [9.17, 15) is 27.2 Å².